The largest absolute Gasteiger partial charge is 0.339 e. The van der Waals surface area contributed by atoms with E-state index in [1.165, 1.54) is 23.9 Å². The van der Waals surface area contributed by atoms with Crippen LogP contribution in [-0.2, 0) is 16.0 Å². The van der Waals surface area contributed by atoms with E-state index < -0.39 is 6.04 Å². The molecule has 202 valence electrons. The molecular formula is C27H27Cl2N7O3. The van der Waals surface area contributed by atoms with Crippen molar-refractivity contribution >= 4 is 40.7 Å². The minimum atomic E-state index is -0.796. The Kier molecular flexibility index (Phi) is 7.87. The summed E-state index contributed by atoms with van der Waals surface area (Å²) in [6.07, 6.45) is 3.39. The summed E-state index contributed by atoms with van der Waals surface area (Å²) >= 11 is 12.3. The Morgan fingerprint density at radius 3 is 2.36 bits per heavy atom. The summed E-state index contributed by atoms with van der Waals surface area (Å²) < 4.78 is 1.38. The molecule has 39 heavy (non-hydrogen) atoms. The summed E-state index contributed by atoms with van der Waals surface area (Å²) in [5.41, 5.74) is 7.93. The Labute approximate surface area is 235 Å². The molecule has 0 radical (unpaired) electrons. The van der Waals surface area contributed by atoms with Gasteiger partial charge < -0.3 is 9.80 Å². The average molecular weight is 568 g/mol. The summed E-state index contributed by atoms with van der Waals surface area (Å²) in [4.78, 5) is 47.1. The van der Waals surface area contributed by atoms with Crippen LogP contribution in [0, 0.1) is 0 Å². The third-order valence-corrected chi connectivity index (χ3v) is 7.22. The molecule has 2 aromatic carbocycles. The fourth-order valence-electron chi connectivity index (χ4n) is 4.73. The van der Waals surface area contributed by atoms with Crippen molar-refractivity contribution in [1.29, 1.82) is 0 Å². The van der Waals surface area contributed by atoms with E-state index in [1.54, 1.807) is 39.2 Å². The van der Waals surface area contributed by atoms with Crippen molar-refractivity contribution in [3.05, 3.63) is 93.2 Å². The number of hydrazine groups is 2. The number of nitrogens with zero attached hydrogens (tertiary/aromatic N) is 5. The molecule has 2 N–H and O–H groups in total. The van der Waals surface area contributed by atoms with Crippen LogP contribution in [0.1, 0.15) is 18.5 Å². The van der Waals surface area contributed by atoms with E-state index in [0.29, 0.717) is 59.7 Å². The van der Waals surface area contributed by atoms with Gasteiger partial charge in [0.05, 0.1) is 23.9 Å². The number of nitrogens with one attached hydrogen (secondary N) is 2. The molecule has 1 fully saturated rings. The van der Waals surface area contributed by atoms with Crippen molar-refractivity contribution < 1.29 is 9.59 Å². The van der Waals surface area contributed by atoms with Crippen LogP contribution >= 0.6 is 23.2 Å². The van der Waals surface area contributed by atoms with Gasteiger partial charge in [0.1, 0.15) is 11.2 Å². The van der Waals surface area contributed by atoms with Crippen LogP contribution in [-0.4, -0.2) is 57.3 Å². The Morgan fingerprint density at radius 1 is 1.00 bits per heavy atom. The molecule has 12 heteroatoms. The second-order valence-electron chi connectivity index (χ2n) is 9.30. The van der Waals surface area contributed by atoms with Crippen LogP contribution in [0.15, 0.2) is 77.1 Å². The summed E-state index contributed by atoms with van der Waals surface area (Å²) in [6.45, 7) is 3.25. The molecule has 2 amide bonds. The lowest BCUT2D eigenvalue weighted by atomic mass is 10.0. The number of anilines is 1. The number of amides is 2. The number of rotatable bonds is 6. The van der Waals surface area contributed by atoms with Crippen LogP contribution in [0.2, 0.25) is 5.02 Å². The number of carbonyl (C=O) groups is 2. The van der Waals surface area contributed by atoms with Crippen molar-refractivity contribution in [2.75, 3.05) is 31.2 Å². The standard InChI is InChI=1S/C27H27Cl2N7O3/c1-18(37)33-9-11-34(12-10-33)27(39)24(13-19-5-3-2-4-6-19)35-17-30-22(15-26(35)38)21-14-20(28)7-8-23(21)36-16-25(29)31-32-36/h2-8,14-17,24,31-32H,9-13H2,1H3/t24-/m0/s1. The Bertz CT molecular complexity index is 1470. The third kappa shape index (κ3) is 5.93. The van der Waals surface area contributed by atoms with Gasteiger partial charge in [-0.3, -0.25) is 29.4 Å². The lowest BCUT2D eigenvalue weighted by Gasteiger charge is -2.36. The van der Waals surface area contributed by atoms with Crippen LogP contribution in [0.4, 0.5) is 5.69 Å². The fourth-order valence-corrected chi connectivity index (χ4v) is 5.04. The summed E-state index contributed by atoms with van der Waals surface area (Å²) in [6, 6.07) is 15.4. The second kappa shape index (κ2) is 11.5. The minimum absolute atomic E-state index is 0.0167. The molecule has 2 aliphatic heterocycles. The van der Waals surface area contributed by atoms with Gasteiger partial charge in [0.25, 0.3) is 5.56 Å². The monoisotopic (exact) mass is 567 g/mol. The number of aromatic nitrogens is 2. The number of hydrogen-bond donors (Lipinski definition) is 2. The second-order valence-corrected chi connectivity index (χ2v) is 10.1. The van der Waals surface area contributed by atoms with Gasteiger partial charge in [0.15, 0.2) is 0 Å². The van der Waals surface area contributed by atoms with Gasteiger partial charge in [-0.15, -0.1) is 5.53 Å². The lowest BCUT2D eigenvalue weighted by molar-refractivity contribution is -0.140. The zero-order chi connectivity index (χ0) is 27.5. The molecule has 10 nitrogen and oxygen atoms in total. The first-order valence-electron chi connectivity index (χ1n) is 12.4. The normalized spacial score (nSPS) is 16.1. The Hall–Kier alpha value is -3.86. The van der Waals surface area contributed by atoms with Gasteiger partial charge in [-0.1, -0.05) is 53.5 Å². The predicted molar refractivity (Wildman–Crippen MR) is 150 cm³/mol. The maximum absolute atomic E-state index is 13.8. The van der Waals surface area contributed by atoms with E-state index in [1.807, 2.05) is 30.3 Å². The summed E-state index contributed by atoms with van der Waals surface area (Å²) in [5.74, 6) is -0.203. The van der Waals surface area contributed by atoms with Crippen LogP contribution < -0.4 is 21.5 Å². The van der Waals surface area contributed by atoms with E-state index in [4.69, 9.17) is 23.2 Å². The molecule has 0 aliphatic carbocycles. The van der Waals surface area contributed by atoms with E-state index in [9.17, 15) is 14.4 Å². The van der Waals surface area contributed by atoms with E-state index in [2.05, 4.69) is 15.9 Å². The quantitative estimate of drug-likeness (QED) is 0.441. The van der Waals surface area contributed by atoms with Crippen molar-refractivity contribution in [3.63, 3.8) is 0 Å². The number of halogens is 2. The SMILES string of the molecule is CC(=O)N1CCN(C(=O)[C@H](Cc2ccccc2)n2cnc(-c3cc(Cl)ccc3N3C=C(Cl)NN3)cc2=O)CC1. The highest BCUT2D eigenvalue weighted by atomic mass is 35.5. The highest BCUT2D eigenvalue weighted by Crippen LogP contribution is 2.32. The van der Waals surface area contributed by atoms with E-state index in [-0.39, 0.29) is 17.4 Å². The van der Waals surface area contributed by atoms with Gasteiger partial charge >= 0.3 is 0 Å². The fraction of sp³-hybridized carbons (Fsp3) is 0.259. The minimum Gasteiger partial charge on any atom is -0.339 e. The topological polar surface area (TPSA) is 103 Å². The van der Waals surface area contributed by atoms with E-state index in [0.717, 1.165) is 5.56 Å². The first-order valence-corrected chi connectivity index (χ1v) is 13.2. The predicted octanol–water partition coefficient (Wildman–Crippen LogP) is 2.91. The number of benzene rings is 2. The Morgan fingerprint density at radius 2 is 1.72 bits per heavy atom. The number of carbonyl (C=O) groups excluding carboxylic acids is 2. The molecule has 0 saturated carbocycles. The van der Waals surface area contributed by atoms with Crippen LogP contribution in [0.5, 0.6) is 0 Å². The zero-order valence-corrected chi connectivity index (χ0v) is 22.7. The molecule has 3 heterocycles. The first kappa shape index (κ1) is 26.7. The maximum Gasteiger partial charge on any atom is 0.254 e. The third-order valence-electron chi connectivity index (χ3n) is 6.80. The first-order chi connectivity index (χ1) is 18.8. The highest BCUT2D eigenvalue weighted by Gasteiger charge is 2.30. The molecule has 1 saturated heterocycles. The summed E-state index contributed by atoms with van der Waals surface area (Å²) in [7, 11) is 0. The highest BCUT2D eigenvalue weighted by molar-refractivity contribution is 6.31. The molecule has 0 unspecified atom stereocenters. The van der Waals surface area contributed by atoms with Crippen molar-refractivity contribution in [3.8, 4) is 11.3 Å². The maximum atomic E-state index is 13.8. The summed E-state index contributed by atoms with van der Waals surface area (Å²) in [5, 5.41) is 2.53. The van der Waals surface area contributed by atoms with Crippen molar-refractivity contribution in [2.45, 2.75) is 19.4 Å². The molecular weight excluding hydrogens is 541 g/mol. The zero-order valence-electron chi connectivity index (χ0n) is 21.2. The van der Waals surface area contributed by atoms with Crippen molar-refractivity contribution in [1.82, 2.24) is 30.3 Å². The number of piperazine rings is 1. The molecule has 0 bridgehead atoms. The van der Waals surface area contributed by atoms with E-state index >= 15 is 0 Å². The van der Waals surface area contributed by atoms with Gasteiger partial charge in [-0.2, -0.15) is 0 Å². The van der Waals surface area contributed by atoms with Crippen LogP contribution in [0.3, 0.4) is 0 Å². The Balaban J connectivity index is 1.48. The van der Waals surface area contributed by atoms with Crippen molar-refractivity contribution in [2.24, 2.45) is 0 Å². The molecule has 1 aromatic heterocycles. The van der Waals surface area contributed by atoms with Gasteiger partial charge in [-0.25, -0.2) is 4.98 Å². The van der Waals surface area contributed by atoms with Gasteiger partial charge in [0, 0.05) is 56.2 Å². The van der Waals surface area contributed by atoms with Crippen LogP contribution in [0.25, 0.3) is 11.3 Å². The number of hydrogen-bond acceptors (Lipinski definition) is 7. The molecule has 3 aromatic rings. The average Bonchev–Trinajstić information content (AvgIpc) is 3.38. The molecule has 0 spiro atoms. The molecule has 1 atom stereocenters. The van der Waals surface area contributed by atoms with Gasteiger partial charge in [0.2, 0.25) is 11.8 Å². The molecule has 5 rings (SSSR count). The molecule has 2 aliphatic rings. The van der Waals surface area contributed by atoms with Gasteiger partial charge in [-0.05, 0) is 23.8 Å². The smallest absolute Gasteiger partial charge is 0.254 e. The lowest BCUT2D eigenvalue weighted by Crippen LogP contribution is -2.52.